The summed E-state index contributed by atoms with van der Waals surface area (Å²) in [5.74, 6) is -1.20. The van der Waals surface area contributed by atoms with E-state index in [4.69, 9.17) is 5.11 Å². The van der Waals surface area contributed by atoms with Crippen molar-refractivity contribution in [1.82, 2.24) is 10.3 Å². The molecule has 1 heterocycles. The molecule has 0 aliphatic rings. The minimum Gasteiger partial charge on any atom is -0.478 e. The number of nitrogens with one attached hydrogen (secondary N) is 2. The molecule has 1 aromatic rings. The summed E-state index contributed by atoms with van der Waals surface area (Å²) in [5, 5.41) is 12.7. The monoisotopic (exact) mass is 245 g/mol. The molecule has 0 saturated heterocycles. The highest BCUT2D eigenvalue weighted by Crippen LogP contribution is 2.07. The van der Waals surface area contributed by atoms with E-state index in [1.807, 2.05) is 5.32 Å². The number of amides is 2. The van der Waals surface area contributed by atoms with Gasteiger partial charge in [0.2, 0.25) is 0 Å². The second kappa shape index (κ2) is 5.73. The Labute approximate surface area is 94.7 Å². The van der Waals surface area contributed by atoms with Crippen molar-refractivity contribution in [1.29, 1.82) is 0 Å². The molecule has 0 bridgehead atoms. The van der Waals surface area contributed by atoms with E-state index in [0.717, 1.165) is 12.3 Å². The quantitative estimate of drug-likeness (QED) is 0.742. The SMILES string of the molecule is O=C(NCC(F)F)Nc1cncc(C(=O)O)c1. The van der Waals surface area contributed by atoms with Crippen molar-refractivity contribution < 1.29 is 23.5 Å². The molecule has 1 rings (SSSR count). The van der Waals surface area contributed by atoms with Crippen molar-refractivity contribution in [3.63, 3.8) is 0 Å². The van der Waals surface area contributed by atoms with Gasteiger partial charge in [0, 0.05) is 6.20 Å². The lowest BCUT2D eigenvalue weighted by atomic mass is 10.3. The van der Waals surface area contributed by atoms with Gasteiger partial charge in [-0.15, -0.1) is 0 Å². The van der Waals surface area contributed by atoms with Crippen LogP contribution < -0.4 is 10.6 Å². The number of carboxylic acids is 1. The van der Waals surface area contributed by atoms with Crippen LogP contribution in [0.4, 0.5) is 19.3 Å². The second-order valence-electron chi connectivity index (χ2n) is 2.99. The first-order valence-corrected chi connectivity index (χ1v) is 4.50. The number of pyridine rings is 1. The molecule has 0 aromatic carbocycles. The summed E-state index contributed by atoms with van der Waals surface area (Å²) in [5.41, 5.74) is -0.00618. The fourth-order valence-corrected chi connectivity index (χ4v) is 0.970. The van der Waals surface area contributed by atoms with Crippen LogP contribution in [-0.2, 0) is 0 Å². The van der Waals surface area contributed by atoms with E-state index in [1.54, 1.807) is 0 Å². The Balaban J connectivity index is 2.59. The Hall–Kier alpha value is -2.25. The number of carbonyl (C=O) groups excluding carboxylic acids is 1. The number of anilines is 1. The molecule has 0 saturated carbocycles. The van der Waals surface area contributed by atoms with E-state index in [2.05, 4.69) is 10.3 Å². The molecule has 6 nitrogen and oxygen atoms in total. The summed E-state index contributed by atoms with van der Waals surface area (Å²) in [4.78, 5) is 25.2. The van der Waals surface area contributed by atoms with Crippen LogP contribution in [0, 0.1) is 0 Å². The Morgan fingerprint density at radius 2 is 2.12 bits per heavy atom. The van der Waals surface area contributed by atoms with Crippen LogP contribution in [0.15, 0.2) is 18.5 Å². The lowest BCUT2D eigenvalue weighted by Gasteiger charge is -2.06. The number of nitrogens with zero attached hydrogens (tertiary/aromatic N) is 1. The van der Waals surface area contributed by atoms with Crippen LogP contribution in [0.25, 0.3) is 0 Å². The fraction of sp³-hybridized carbons (Fsp3) is 0.222. The molecule has 17 heavy (non-hydrogen) atoms. The highest BCUT2D eigenvalue weighted by Gasteiger charge is 2.08. The minimum atomic E-state index is -2.65. The maximum Gasteiger partial charge on any atom is 0.337 e. The number of carbonyl (C=O) groups is 2. The largest absolute Gasteiger partial charge is 0.478 e. The van der Waals surface area contributed by atoms with E-state index in [1.165, 1.54) is 6.20 Å². The molecule has 0 radical (unpaired) electrons. The predicted octanol–water partition coefficient (Wildman–Crippen LogP) is 1.17. The summed E-state index contributed by atoms with van der Waals surface area (Å²) in [6.07, 6.45) is -0.344. The summed E-state index contributed by atoms with van der Waals surface area (Å²) in [6, 6.07) is 0.312. The highest BCUT2D eigenvalue weighted by molar-refractivity contribution is 5.92. The number of alkyl halides is 2. The summed E-state index contributed by atoms with van der Waals surface area (Å²) >= 11 is 0. The Kier molecular flexibility index (Phi) is 4.32. The zero-order chi connectivity index (χ0) is 12.8. The van der Waals surface area contributed by atoms with E-state index >= 15 is 0 Å². The van der Waals surface area contributed by atoms with E-state index in [9.17, 15) is 18.4 Å². The molecule has 0 spiro atoms. The van der Waals surface area contributed by atoms with Gasteiger partial charge in [-0.3, -0.25) is 4.98 Å². The smallest absolute Gasteiger partial charge is 0.337 e. The zero-order valence-electron chi connectivity index (χ0n) is 8.48. The van der Waals surface area contributed by atoms with Gasteiger partial charge in [-0.2, -0.15) is 0 Å². The van der Waals surface area contributed by atoms with Crippen molar-refractivity contribution in [3.8, 4) is 0 Å². The molecule has 92 valence electrons. The molecule has 0 atom stereocenters. The molecule has 3 N–H and O–H groups in total. The van der Waals surface area contributed by atoms with Crippen LogP contribution in [0.2, 0.25) is 0 Å². The molecule has 1 aromatic heterocycles. The van der Waals surface area contributed by atoms with Gasteiger partial charge in [0.05, 0.1) is 24.0 Å². The molecule has 0 aliphatic heterocycles. The fourth-order valence-electron chi connectivity index (χ4n) is 0.970. The van der Waals surface area contributed by atoms with Crippen molar-refractivity contribution in [2.45, 2.75) is 6.43 Å². The third-order valence-corrected chi connectivity index (χ3v) is 1.66. The van der Waals surface area contributed by atoms with E-state index in [-0.39, 0.29) is 11.3 Å². The number of urea groups is 1. The van der Waals surface area contributed by atoms with E-state index in [0.29, 0.717) is 0 Å². The molecule has 2 amide bonds. The van der Waals surface area contributed by atoms with E-state index < -0.39 is 25.0 Å². The first-order valence-electron chi connectivity index (χ1n) is 4.50. The van der Waals surface area contributed by atoms with Gasteiger partial charge in [-0.05, 0) is 6.07 Å². The molecular formula is C9H9F2N3O3. The van der Waals surface area contributed by atoms with Gasteiger partial charge in [0.25, 0.3) is 6.43 Å². The number of halogens is 2. The predicted molar refractivity (Wildman–Crippen MR) is 54.2 cm³/mol. The van der Waals surface area contributed by atoms with Crippen LogP contribution in [-0.4, -0.2) is 35.1 Å². The molecule has 8 heteroatoms. The topological polar surface area (TPSA) is 91.3 Å². The first-order chi connectivity index (χ1) is 7.99. The normalized spacial score (nSPS) is 10.1. The number of rotatable bonds is 4. The van der Waals surface area contributed by atoms with Crippen LogP contribution in [0.3, 0.4) is 0 Å². The maximum absolute atomic E-state index is 11.8. The number of hydrogen-bond acceptors (Lipinski definition) is 3. The number of hydrogen-bond donors (Lipinski definition) is 3. The van der Waals surface area contributed by atoms with Crippen molar-refractivity contribution in [2.75, 3.05) is 11.9 Å². The van der Waals surface area contributed by atoms with Gasteiger partial charge in [-0.1, -0.05) is 0 Å². The zero-order valence-corrected chi connectivity index (χ0v) is 8.48. The third kappa shape index (κ3) is 4.41. The van der Waals surface area contributed by atoms with Gasteiger partial charge in [-0.25, -0.2) is 18.4 Å². The lowest BCUT2D eigenvalue weighted by Crippen LogP contribution is -2.32. The van der Waals surface area contributed by atoms with Crippen molar-refractivity contribution >= 4 is 17.7 Å². The van der Waals surface area contributed by atoms with Crippen molar-refractivity contribution in [2.24, 2.45) is 0 Å². The standard InChI is InChI=1S/C9H9F2N3O3/c10-7(11)4-13-9(17)14-6-1-5(8(15)16)2-12-3-6/h1-3,7H,4H2,(H,15,16)(H2,13,14,17). The number of aromatic carboxylic acids is 1. The maximum atomic E-state index is 11.8. The Bertz CT molecular complexity index is 426. The highest BCUT2D eigenvalue weighted by atomic mass is 19.3. The average Bonchev–Trinajstić information content (AvgIpc) is 2.26. The number of carboxylic acid groups (broad SMARTS) is 1. The van der Waals surface area contributed by atoms with Gasteiger partial charge >= 0.3 is 12.0 Å². The minimum absolute atomic E-state index is 0.108. The molecular weight excluding hydrogens is 236 g/mol. The number of aromatic nitrogens is 1. The van der Waals surface area contributed by atoms with Gasteiger partial charge in [0.1, 0.15) is 0 Å². The lowest BCUT2D eigenvalue weighted by molar-refractivity contribution is 0.0696. The van der Waals surface area contributed by atoms with Crippen LogP contribution in [0.5, 0.6) is 0 Å². The molecule has 0 unspecified atom stereocenters. The Morgan fingerprint density at radius 3 is 2.71 bits per heavy atom. The average molecular weight is 245 g/mol. The summed E-state index contributed by atoms with van der Waals surface area (Å²) < 4.78 is 23.5. The molecule has 0 fully saturated rings. The van der Waals surface area contributed by atoms with Crippen LogP contribution in [0.1, 0.15) is 10.4 Å². The van der Waals surface area contributed by atoms with Crippen LogP contribution >= 0.6 is 0 Å². The third-order valence-electron chi connectivity index (χ3n) is 1.66. The first kappa shape index (κ1) is 12.8. The molecule has 0 aliphatic carbocycles. The van der Waals surface area contributed by atoms with Gasteiger partial charge in [0.15, 0.2) is 0 Å². The Morgan fingerprint density at radius 1 is 1.41 bits per heavy atom. The van der Waals surface area contributed by atoms with Gasteiger partial charge < -0.3 is 15.7 Å². The van der Waals surface area contributed by atoms with Crippen molar-refractivity contribution in [3.05, 3.63) is 24.0 Å². The summed E-state index contributed by atoms with van der Waals surface area (Å²) in [7, 11) is 0. The second-order valence-corrected chi connectivity index (χ2v) is 2.99. The summed E-state index contributed by atoms with van der Waals surface area (Å²) in [6.45, 7) is -0.780.